The van der Waals surface area contributed by atoms with E-state index in [-0.39, 0.29) is 24.4 Å². The minimum Gasteiger partial charge on any atom is -0.348 e. The second-order valence-corrected chi connectivity index (χ2v) is 7.57. The first-order valence-electron chi connectivity index (χ1n) is 8.00. The van der Waals surface area contributed by atoms with Crippen molar-refractivity contribution in [1.82, 2.24) is 5.32 Å². The van der Waals surface area contributed by atoms with Crippen molar-refractivity contribution >= 4 is 29.1 Å². The van der Waals surface area contributed by atoms with Crippen LogP contribution in [0, 0.1) is 5.92 Å². The number of hydrogen-bond acceptors (Lipinski definition) is 3. The van der Waals surface area contributed by atoms with Gasteiger partial charge in [0.15, 0.2) is 0 Å². The number of hydrogen-bond donors (Lipinski definition) is 2. The Bertz CT molecular complexity index is 533. The summed E-state index contributed by atoms with van der Waals surface area (Å²) in [4.78, 5) is 12.5. The SMILES string of the molecule is CS(=O)Cc1cccc(C(=O)NC(CN)C2CCCCC2)c1.Cl. The van der Waals surface area contributed by atoms with E-state index in [9.17, 15) is 9.00 Å². The maximum absolute atomic E-state index is 12.5. The predicted molar refractivity (Wildman–Crippen MR) is 98.3 cm³/mol. The highest BCUT2D eigenvalue weighted by atomic mass is 35.5. The zero-order valence-electron chi connectivity index (χ0n) is 13.6. The van der Waals surface area contributed by atoms with Crippen molar-refractivity contribution in [2.24, 2.45) is 11.7 Å². The molecule has 2 rings (SSSR count). The van der Waals surface area contributed by atoms with E-state index in [1.54, 1.807) is 12.3 Å². The lowest BCUT2D eigenvalue weighted by molar-refractivity contribution is 0.0915. The van der Waals surface area contributed by atoms with Crippen molar-refractivity contribution in [3.05, 3.63) is 35.4 Å². The van der Waals surface area contributed by atoms with Crippen molar-refractivity contribution in [3.8, 4) is 0 Å². The van der Waals surface area contributed by atoms with E-state index in [1.165, 1.54) is 19.3 Å². The number of carbonyl (C=O) groups excluding carboxylic acids is 1. The average Bonchev–Trinajstić information content (AvgIpc) is 2.53. The Morgan fingerprint density at radius 3 is 2.65 bits per heavy atom. The van der Waals surface area contributed by atoms with E-state index >= 15 is 0 Å². The number of rotatable bonds is 6. The molecule has 1 aliphatic rings. The van der Waals surface area contributed by atoms with Crippen molar-refractivity contribution in [2.45, 2.75) is 43.9 Å². The first-order valence-corrected chi connectivity index (χ1v) is 9.72. The first kappa shape index (κ1) is 20.1. The number of amides is 1. The molecule has 0 aromatic heterocycles. The Labute approximate surface area is 147 Å². The van der Waals surface area contributed by atoms with Gasteiger partial charge >= 0.3 is 0 Å². The molecule has 1 fully saturated rings. The van der Waals surface area contributed by atoms with Crippen LogP contribution in [0.4, 0.5) is 0 Å². The molecule has 6 heteroatoms. The van der Waals surface area contributed by atoms with Crippen LogP contribution in [0.15, 0.2) is 24.3 Å². The Balaban J connectivity index is 0.00000264. The summed E-state index contributed by atoms with van der Waals surface area (Å²) in [5.74, 6) is 0.892. The molecule has 0 heterocycles. The molecule has 0 spiro atoms. The molecular formula is C17H27ClN2O2S. The third-order valence-electron chi connectivity index (χ3n) is 4.35. The minimum absolute atomic E-state index is 0. The topological polar surface area (TPSA) is 72.2 Å². The number of carbonyl (C=O) groups is 1. The molecule has 1 amide bonds. The molecular weight excluding hydrogens is 332 g/mol. The van der Waals surface area contributed by atoms with Crippen LogP contribution in [0.5, 0.6) is 0 Å². The van der Waals surface area contributed by atoms with Crippen LogP contribution < -0.4 is 11.1 Å². The van der Waals surface area contributed by atoms with Crippen LogP contribution in [0.1, 0.15) is 48.0 Å². The fourth-order valence-corrected chi connectivity index (χ4v) is 3.84. The van der Waals surface area contributed by atoms with Crippen LogP contribution >= 0.6 is 12.4 Å². The largest absolute Gasteiger partial charge is 0.348 e. The molecule has 0 saturated heterocycles. The third kappa shape index (κ3) is 6.24. The van der Waals surface area contributed by atoms with Crippen molar-refractivity contribution in [2.75, 3.05) is 12.8 Å². The highest BCUT2D eigenvalue weighted by Gasteiger charge is 2.24. The summed E-state index contributed by atoms with van der Waals surface area (Å²) >= 11 is 0. The van der Waals surface area contributed by atoms with Gasteiger partial charge in [0.1, 0.15) is 0 Å². The maximum Gasteiger partial charge on any atom is 0.251 e. The highest BCUT2D eigenvalue weighted by Crippen LogP contribution is 2.26. The summed E-state index contributed by atoms with van der Waals surface area (Å²) in [5.41, 5.74) is 7.42. The van der Waals surface area contributed by atoms with Gasteiger partial charge in [0, 0.05) is 41.0 Å². The van der Waals surface area contributed by atoms with Crippen LogP contribution in [-0.2, 0) is 16.6 Å². The molecule has 2 unspecified atom stereocenters. The summed E-state index contributed by atoms with van der Waals surface area (Å²) in [5, 5.41) is 3.09. The molecule has 1 aliphatic carbocycles. The van der Waals surface area contributed by atoms with Crippen LogP contribution in [0.3, 0.4) is 0 Å². The predicted octanol–water partition coefficient (Wildman–Crippen LogP) is 2.62. The number of halogens is 1. The maximum atomic E-state index is 12.5. The molecule has 23 heavy (non-hydrogen) atoms. The molecule has 4 nitrogen and oxygen atoms in total. The van der Waals surface area contributed by atoms with Gasteiger partial charge in [-0.2, -0.15) is 0 Å². The van der Waals surface area contributed by atoms with E-state index < -0.39 is 10.8 Å². The molecule has 0 radical (unpaired) electrons. The van der Waals surface area contributed by atoms with E-state index in [1.807, 2.05) is 18.2 Å². The number of nitrogens with one attached hydrogen (secondary N) is 1. The molecule has 0 aliphatic heterocycles. The van der Waals surface area contributed by atoms with Gasteiger partial charge in [-0.25, -0.2) is 0 Å². The van der Waals surface area contributed by atoms with Gasteiger partial charge in [-0.3, -0.25) is 9.00 Å². The van der Waals surface area contributed by atoms with E-state index in [0.717, 1.165) is 18.4 Å². The van der Waals surface area contributed by atoms with Crippen LogP contribution in [-0.4, -0.2) is 29.0 Å². The minimum atomic E-state index is -0.906. The van der Waals surface area contributed by atoms with Gasteiger partial charge in [-0.1, -0.05) is 31.4 Å². The van der Waals surface area contributed by atoms with E-state index in [0.29, 0.717) is 23.8 Å². The average molecular weight is 359 g/mol. The second-order valence-electron chi connectivity index (χ2n) is 6.13. The monoisotopic (exact) mass is 358 g/mol. The van der Waals surface area contributed by atoms with Crippen molar-refractivity contribution in [1.29, 1.82) is 0 Å². The number of nitrogens with two attached hydrogens (primary N) is 1. The Kier molecular flexibility index (Phi) is 8.81. The summed E-state index contributed by atoms with van der Waals surface area (Å²) in [6.07, 6.45) is 7.72. The Hall–Kier alpha value is -0.910. The van der Waals surface area contributed by atoms with Crippen molar-refractivity contribution < 1.29 is 9.00 Å². The van der Waals surface area contributed by atoms with Crippen LogP contribution in [0.2, 0.25) is 0 Å². The lowest BCUT2D eigenvalue weighted by Crippen LogP contribution is -2.45. The quantitative estimate of drug-likeness (QED) is 0.821. The van der Waals surface area contributed by atoms with Gasteiger partial charge in [-0.05, 0) is 36.5 Å². The fraction of sp³-hybridized carbons (Fsp3) is 0.588. The molecule has 1 aromatic carbocycles. The molecule has 2 atom stereocenters. The summed E-state index contributed by atoms with van der Waals surface area (Å²) in [6.45, 7) is 0.481. The van der Waals surface area contributed by atoms with Gasteiger partial charge in [-0.15, -0.1) is 12.4 Å². The lowest BCUT2D eigenvalue weighted by Gasteiger charge is -2.30. The van der Waals surface area contributed by atoms with Gasteiger partial charge in [0.05, 0.1) is 0 Å². The number of benzene rings is 1. The molecule has 130 valence electrons. The zero-order chi connectivity index (χ0) is 15.9. The fourth-order valence-electron chi connectivity index (χ4n) is 3.19. The molecule has 1 saturated carbocycles. The van der Waals surface area contributed by atoms with E-state index in [2.05, 4.69) is 5.32 Å². The lowest BCUT2D eigenvalue weighted by atomic mass is 9.84. The summed E-state index contributed by atoms with van der Waals surface area (Å²) in [7, 11) is -0.906. The standard InChI is InChI=1S/C17H26N2O2S.ClH/c1-22(21)12-13-6-5-9-15(10-13)17(20)19-16(11-18)14-7-3-2-4-8-14;/h5-6,9-10,14,16H,2-4,7-8,11-12,18H2,1H3,(H,19,20);1H. The molecule has 0 bridgehead atoms. The smallest absolute Gasteiger partial charge is 0.251 e. The molecule has 1 aromatic rings. The highest BCUT2D eigenvalue weighted by molar-refractivity contribution is 7.83. The van der Waals surface area contributed by atoms with Gasteiger partial charge in [0.2, 0.25) is 0 Å². The zero-order valence-corrected chi connectivity index (χ0v) is 15.3. The van der Waals surface area contributed by atoms with Gasteiger partial charge < -0.3 is 11.1 Å². The van der Waals surface area contributed by atoms with Gasteiger partial charge in [0.25, 0.3) is 5.91 Å². The summed E-state index contributed by atoms with van der Waals surface area (Å²) < 4.78 is 11.3. The first-order chi connectivity index (χ1) is 10.6. The Morgan fingerprint density at radius 2 is 2.04 bits per heavy atom. The Morgan fingerprint density at radius 1 is 1.35 bits per heavy atom. The third-order valence-corrected chi connectivity index (χ3v) is 5.09. The molecule has 3 N–H and O–H groups in total. The van der Waals surface area contributed by atoms with E-state index in [4.69, 9.17) is 5.73 Å². The second kappa shape index (κ2) is 10.1. The normalized spacial score (nSPS) is 17.8. The van der Waals surface area contributed by atoms with Crippen LogP contribution in [0.25, 0.3) is 0 Å². The summed E-state index contributed by atoms with van der Waals surface area (Å²) in [6, 6.07) is 7.42. The van der Waals surface area contributed by atoms with Crippen molar-refractivity contribution in [3.63, 3.8) is 0 Å².